The Labute approximate surface area is 273 Å². The Morgan fingerprint density at radius 2 is 1.43 bits per heavy atom. The number of aliphatic carboxylic acids is 2. The summed E-state index contributed by atoms with van der Waals surface area (Å²) in [4.78, 5) is 49.1. The first-order valence-corrected chi connectivity index (χ1v) is 16.4. The van der Waals surface area contributed by atoms with Crippen molar-refractivity contribution in [2.75, 3.05) is 70.7 Å². The molecule has 1 heterocycles. The molecule has 2 amide bonds. The Balaban J connectivity index is 1.58. The van der Waals surface area contributed by atoms with E-state index in [0.29, 0.717) is 12.8 Å². The van der Waals surface area contributed by atoms with Crippen LogP contribution in [0.1, 0.15) is 41.6 Å². The van der Waals surface area contributed by atoms with E-state index in [-0.39, 0.29) is 94.5 Å². The third kappa shape index (κ3) is 17.9. The van der Waals surface area contributed by atoms with Crippen molar-refractivity contribution in [1.82, 2.24) is 15.6 Å². The number of hydrogen-bond acceptors (Lipinski definition) is 11. The number of nitrogens with one attached hydrogen (secondary N) is 3. The highest BCUT2D eigenvalue weighted by Gasteiger charge is 2.16. The van der Waals surface area contributed by atoms with E-state index in [1.165, 1.54) is 24.4 Å². The maximum absolute atomic E-state index is 12.9. The van der Waals surface area contributed by atoms with Crippen LogP contribution in [-0.4, -0.2) is 113 Å². The van der Waals surface area contributed by atoms with Gasteiger partial charge in [-0.25, -0.2) is 18.2 Å². The number of aromatic nitrogens is 1. The van der Waals surface area contributed by atoms with Crippen LogP contribution >= 0.6 is 0 Å². The number of hydrogen-bond donors (Lipinski definition) is 5. The number of amides is 2. The van der Waals surface area contributed by atoms with Crippen LogP contribution < -0.4 is 15.4 Å². The maximum atomic E-state index is 12.9. The lowest BCUT2D eigenvalue weighted by molar-refractivity contribution is -0.143. The summed E-state index contributed by atoms with van der Waals surface area (Å²) in [5.41, 5.74) is 1.05. The van der Waals surface area contributed by atoms with Gasteiger partial charge >= 0.3 is 11.9 Å². The van der Waals surface area contributed by atoms with Gasteiger partial charge in [-0.2, -0.15) is 0 Å². The van der Waals surface area contributed by atoms with E-state index in [1.807, 2.05) is 6.07 Å². The largest absolute Gasteiger partial charge is 0.481 e. The van der Waals surface area contributed by atoms with Gasteiger partial charge in [-0.1, -0.05) is 18.6 Å². The van der Waals surface area contributed by atoms with Crippen LogP contribution in [0.2, 0.25) is 0 Å². The van der Waals surface area contributed by atoms with Crippen LogP contribution in [-0.2, 0) is 49.8 Å². The second-order valence-electron chi connectivity index (χ2n) is 9.97. The summed E-state index contributed by atoms with van der Waals surface area (Å²) in [6.45, 7) is 1.07. The van der Waals surface area contributed by atoms with Crippen molar-refractivity contribution in [2.24, 2.45) is 0 Å². The van der Waals surface area contributed by atoms with E-state index < -0.39 is 27.9 Å². The molecule has 1 aromatic heterocycles. The molecule has 0 fully saturated rings. The number of carboxylic acids is 2. The molecule has 0 radical (unpaired) electrons. The molecule has 2 rings (SSSR count). The molecule has 0 saturated carbocycles. The molecule has 1 aromatic carbocycles. The molecule has 0 aliphatic carbocycles. The molecule has 0 spiro atoms. The predicted molar refractivity (Wildman–Crippen MR) is 168 cm³/mol. The molecule has 0 bridgehead atoms. The highest BCUT2D eigenvalue weighted by atomic mass is 32.2. The minimum Gasteiger partial charge on any atom is -0.481 e. The molecule has 0 unspecified atom stereocenters. The van der Waals surface area contributed by atoms with Crippen LogP contribution in [0.25, 0.3) is 0 Å². The van der Waals surface area contributed by atoms with Gasteiger partial charge in [0, 0.05) is 25.7 Å². The Bertz CT molecular complexity index is 1370. The van der Waals surface area contributed by atoms with E-state index in [2.05, 4.69) is 20.3 Å². The number of pyridine rings is 1. The first-order chi connectivity index (χ1) is 22.6. The smallest absolute Gasteiger partial charge is 0.329 e. The summed E-state index contributed by atoms with van der Waals surface area (Å²) in [5, 5.41) is 22.4. The number of carboxylic acid groups (broad SMARTS) is 2. The van der Waals surface area contributed by atoms with Crippen molar-refractivity contribution in [3.8, 4) is 0 Å². The topological polar surface area (TPSA) is 229 Å². The minimum atomic E-state index is -3.92. The van der Waals surface area contributed by atoms with Crippen LogP contribution in [0.15, 0.2) is 47.5 Å². The molecular formula is C30H42N4O12S. The standard InChI is InChI=1S/C30H42N4O12S/c35-27(31-11-13-43-16-18-46-22-29(38)39)21-45-17-15-44-14-12-32-30(40)24-9-10-26(33-20-24)34-47(41,42)25-7-4-6-23(19-25)5-2-1-3-8-28(36)37/h4,6-7,9-10,19-20H,1-3,5,8,11-18,21-22H2,(H,31,35)(H,32,40)(H,33,34)(H,36,37)(H,38,39). The Morgan fingerprint density at radius 3 is 2.09 bits per heavy atom. The van der Waals surface area contributed by atoms with Gasteiger partial charge in [0.1, 0.15) is 19.0 Å². The van der Waals surface area contributed by atoms with Gasteiger partial charge in [0.15, 0.2) is 0 Å². The molecule has 0 aliphatic heterocycles. The summed E-state index contributed by atoms with van der Waals surface area (Å²) >= 11 is 0. The van der Waals surface area contributed by atoms with Gasteiger partial charge in [-0.05, 0) is 49.1 Å². The average molecular weight is 683 g/mol. The lowest BCUT2D eigenvalue weighted by Crippen LogP contribution is -2.31. The fourth-order valence-corrected chi connectivity index (χ4v) is 4.93. The quantitative estimate of drug-likeness (QED) is 0.0876. The number of carbonyl (C=O) groups excluding carboxylic acids is 2. The van der Waals surface area contributed by atoms with Gasteiger partial charge in [-0.15, -0.1) is 0 Å². The molecule has 0 aliphatic rings. The van der Waals surface area contributed by atoms with Crippen LogP contribution in [0, 0.1) is 0 Å². The molecule has 5 N–H and O–H groups in total. The summed E-state index contributed by atoms with van der Waals surface area (Å²) in [6, 6.07) is 9.33. The van der Waals surface area contributed by atoms with Gasteiger partial charge in [0.25, 0.3) is 15.9 Å². The Kier molecular flexibility index (Phi) is 18.6. The SMILES string of the molecule is O=C(O)CCCCCc1cccc(S(=O)(=O)Nc2ccc(C(=O)NCCOCCOCC(=O)NCCOCCOCC(=O)O)cn2)c1. The van der Waals surface area contributed by atoms with Crippen LogP contribution in [0.4, 0.5) is 5.82 Å². The zero-order chi connectivity index (χ0) is 34.3. The van der Waals surface area contributed by atoms with Gasteiger partial charge in [-0.3, -0.25) is 19.1 Å². The summed E-state index contributed by atoms with van der Waals surface area (Å²) < 4.78 is 48.7. The third-order valence-corrected chi connectivity index (χ3v) is 7.49. The number of nitrogens with zero attached hydrogens (tertiary/aromatic N) is 1. The lowest BCUT2D eigenvalue weighted by atomic mass is 10.1. The van der Waals surface area contributed by atoms with E-state index in [9.17, 15) is 27.6 Å². The molecule has 2 aromatic rings. The van der Waals surface area contributed by atoms with E-state index >= 15 is 0 Å². The monoisotopic (exact) mass is 682 g/mol. The molecule has 0 atom stereocenters. The molecule has 47 heavy (non-hydrogen) atoms. The van der Waals surface area contributed by atoms with E-state index in [0.717, 1.165) is 18.4 Å². The number of carbonyl (C=O) groups is 4. The van der Waals surface area contributed by atoms with Gasteiger partial charge in [0.05, 0.1) is 50.1 Å². The highest BCUT2D eigenvalue weighted by Crippen LogP contribution is 2.18. The number of ether oxygens (including phenoxy) is 4. The van der Waals surface area contributed by atoms with Crippen LogP contribution in [0.5, 0.6) is 0 Å². The average Bonchev–Trinajstić information content (AvgIpc) is 3.03. The number of rotatable bonds is 26. The second kappa shape index (κ2) is 22.4. The summed E-state index contributed by atoms with van der Waals surface area (Å²) in [7, 11) is -3.92. The highest BCUT2D eigenvalue weighted by molar-refractivity contribution is 7.92. The maximum Gasteiger partial charge on any atom is 0.329 e. The first kappa shape index (κ1) is 39.0. The lowest BCUT2D eigenvalue weighted by Gasteiger charge is -2.10. The molecule has 17 heteroatoms. The molecular weight excluding hydrogens is 640 g/mol. The number of aryl methyl sites for hydroxylation is 1. The van der Waals surface area contributed by atoms with Gasteiger partial charge < -0.3 is 39.8 Å². The predicted octanol–water partition coefficient (Wildman–Crippen LogP) is 1.07. The van der Waals surface area contributed by atoms with Gasteiger partial charge in [0.2, 0.25) is 5.91 Å². The third-order valence-electron chi connectivity index (χ3n) is 6.13. The van der Waals surface area contributed by atoms with Crippen molar-refractivity contribution in [3.05, 3.63) is 53.7 Å². The fraction of sp³-hybridized carbons (Fsp3) is 0.500. The molecule has 16 nitrogen and oxygen atoms in total. The normalized spacial score (nSPS) is 11.1. The van der Waals surface area contributed by atoms with Crippen molar-refractivity contribution in [2.45, 2.75) is 37.0 Å². The summed E-state index contributed by atoms with van der Waals surface area (Å²) in [5.74, 6) is -2.59. The van der Waals surface area contributed by atoms with Crippen molar-refractivity contribution < 1.29 is 56.8 Å². The Hall–Kier alpha value is -4.16. The number of unbranched alkanes of at least 4 members (excludes halogenated alkanes) is 2. The zero-order valence-electron chi connectivity index (χ0n) is 26.0. The minimum absolute atomic E-state index is 0.0473. The Morgan fingerprint density at radius 1 is 0.745 bits per heavy atom. The second-order valence-corrected chi connectivity index (χ2v) is 11.7. The van der Waals surface area contributed by atoms with Crippen molar-refractivity contribution >= 4 is 39.6 Å². The number of sulfonamides is 1. The molecule has 0 saturated heterocycles. The fourth-order valence-electron chi connectivity index (χ4n) is 3.85. The number of anilines is 1. The molecule has 260 valence electrons. The van der Waals surface area contributed by atoms with E-state index in [4.69, 9.17) is 29.2 Å². The first-order valence-electron chi connectivity index (χ1n) is 14.9. The van der Waals surface area contributed by atoms with Crippen molar-refractivity contribution in [1.29, 1.82) is 0 Å². The van der Waals surface area contributed by atoms with Crippen molar-refractivity contribution in [3.63, 3.8) is 0 Å². The van der Waals surface area contributed by atoms with E-state index in [1.54, 1.807) is 12.1 Å². The zero-order valence-corrected chi connectivity index (χ0v) is 26.8. The summed E-state index contributed by atoms with van der Waals surface area (Å²) in [6.07, 6.45) is 4.03. The van der Waals surface area contributed by atoms with Crippen LogP contribution in [0.3, 0.4) is 0 Å². The number of benzene rings is 1.